The summed E-state index contributed by atoms with van der Waals surface area (Å²) in [6.07, 6.45) is -6.89. The van der Waals surface area contributed by atoms with Gasteiger partial charge >= 0.3 is 5.97 Å². The third-order valence-electron chi connectivity index (χ3n) is 12.3. The zero-order valence-corrected chi connectivity index (χ0v) is 39.9. The Hall–Kier alpha value is -5.87. The average Bonchev–Trinajstić information content (AvgIpc) is 3.42. The Kier molecular flexibility index (Phi) is 20.1. The Labute approximate surface area is 417 Å². The number of rotatable bonds is 26. The SMILES string of the molecule is C=CCCCO[C@H]1O[C@H](CO[C@@H]2O[C@H](COCc3ccccc3)[C@@H](OCc3ccccc3)[C@H](OCc3ccccc3)[C@H]2OC(=O)c2ccccc2)[C@@H](OCc2ccccc2)[C@H](O)[C@@H]1OCc1ccccc1. The molecule has 71 heavy (non-hydrogen) atoms. The summed E-state index contributed by atoms with van der Waals surface area (Å²) >= 11 is 0. The van der Waals surface area contributed by atoms with E-state index in [1.807, 2.05) is 164 Å². The lowest BCUT2D eigenvalue weighted by atomic mass is 9.97. The molecule has 6 aromatic rings. The maximum Gasteiger partial charge on any atom is 0.338 e. The van der Waals surface area contributed by atoms with Crippen LogP contribution in [0.1, 0.15) is 51.0 Å². The second-order valence-corrected chi connectivity index (χ2v) is 17.5. The van der Waals surface area contributed by atoms with Crippen LogP contribution < -0.4 is 0 Å². The first kappa shape index (κ1) is 51.5. The van der Waals surface area contributed by atoms with Crippen molar-refractivity contribution >= 4 is 5.97 Å². The molecule has 2 aliphatic heterocycles. The standard InChI is InChI=1S/C59H64O12/c1-2-3-22-35-63-58-54(66-39-46-29-16-7-17-30-46)51(60)52(64-37-44-25-12-5-13-26-44)50(70-58)42-68-59-56(71-57(61)48-33-20-9-21-34-48)55(67-40-47-31-18-8-19-32-47)53(65-38-45-27-14-6-15-28-45)49(69-59)41-62-36-43-23-10-4-11-24-43/h2,4-21,23-34,49-56,58-60H,1,3,22,35-42H2/t49-,50-,51+,52-,53-,54+,55+,56-,58+,59-/m1/s1. The van der Waals surface area contributed by atoms with Crippen LogP contribution in [0.3, 0.4) is 0 Å². The molecule has 2 heterocycles. The van der Waals surface area contributed by atoms with Crippen molar-refractivity contribution in [3.8, 4) is 0 Å². The van der Waals surface area contributed by atoms with Crippen LogP contribution in [0.2, 0.25) is 0 Å². The van der Waals surface area contributed by atoms with Gasteiger partial charge in [0.05, 0.1) is 58.4 Å². The summed E-state index contributed by atoms with van der Waals surface area (Å²) in [7, 11) is 0. The van der Waals surface area contributed by atoms with E-state index in [9.17, 15) is 9.90 Å². The van der Waals surface area contributed by atoms with Gasteiger partial charge in [0.2, 0.25) is 0 Å². The summed E-state index contributed by atoms with van der Waals surface area (Å²) in [5.41, 5.74) is 4.94. The van der Waals surface area contributed by atoms with Gasteiger partial charge in [-0.1, -0.05) is 176 Å². The largest absolute Gasteiger partial charge is 0.450 e. The van der Waals surface area contributed by atoms with Crippen LogP contribution in [0.4, 0.5) is 0 Å². The van der Waals surface area contributed by atoms with Crippen molar-refractivity contribution in [2.75, 3.05) is 19.8 Å². The molecule has 1 N–H and O–H groups in total. The molecule has 0 aliphatic carbocycles. The van der Waals surface area contributed by atoms with Crippen molar-refractivity contribution in [1.29, 1.82) is 0 Å². The molecule has 0 saturated carbocycles. The minimum atomic E-state index is -1.26. The van der Waals surface area contributed by atoms with Crippen LogP contribution in [0.5, 0.6) is 0 Å². The van der Waals surface area contributed by atoms with Gasteiger partial charge in [0.1, 0.15) is 42.7 Å². The quantitative estimate of drug-likeness (QED) is 0.0316. The zero-order chi connectivity index (χ0) is 48.9. The summed E-state index contributed by atoms with van der Waals surface area (Å²) in [6.45, 7) is 5.06. The van der Waals surface area contributed by atoms with Crippen LogP contribution in [-0.2, 0) is 80.4 Å². The lowest BCUT2D eigenvalue weighted by Gasteiger charge is -2.47. The maximum atomic E-state index is 14.2. The number of benzene rings is 6. The fraction of sp³-hybridized carbons (Fsp3) is 0.339. The van der Waals surface area contributed by atoms with Gasteiger partial charge in [0.15, 0.2) is 18.7 Å². The molecular weight excluding hydrogens is 901 g/mol. The number of aliphatic hydroxyl groups is 1. The second-order valence-electron chi connectivity index (χ2n) is 17.5. The van der Waals surface area contributed by atoms with Crippen molar-refractivity contribution < 1.29 is 57.3 Å². The fourth-order valence-electron chi connectivity index (χ4n) is 8.53. The second kappa shape index (κ2) is 27.7. The van der Waals surface area contributed by atoms with E-state index >= 15 is 0 Å². The molecule has 2 fully saturated rings. The van der Waals surface area contributed by atoms with Gasteiger partial charge in [0, 0.05) is 0 Å². The minimum Gasteiger partial charge on any atom is -0.450 e. The van der Waals surface area contributed by atoms with Crippen molar-refractivity contribution in [2.24, 2.45) is 0 Å². The lowest BCUT2D eigenvalue weighted by molar-refractivity contribution is -0.345. The smallest absolute Gasteiger partial charge is 0.338 e. The molecule has 0 spiro atoms. The molecule has 12 nitrogen and oxygen atoms in total. The van der Waals surface area contributed by atoms with Crippen molar-refractivity contribution in [3.63, 3.8) is 0 Å². The van der Waals surface area contributed by atoms with E-state index in [2.05, 4.69) is 6.58 Å². The molecule has 6 aromatic carbocycles. The molecule has 0 amide bonds. The van der Waals surface area contributed by atoms with Gasteiger partial charge in [-0.25, -0.2) is 4.79 Å². The van der Waals surface area contributed by atoms with Crippen LogP contribution in [-0.4, -0.2) is 92.3 Å². The van der Waals surface area contributed by atoms with E-state index in [1.54, 1.807) is 24.3 Å². The number of carbonyl (C=O) groups excluding carboxylic acids is 1. The third-order valence-corrected chi connectivity index (χ3v) is 12.3. The molecule has 8 rings (SSSR count). The van der Waals surface area contributed by atoms with Crippen molar-refractivity contribution in [1.82, 2.24) is 0 Å². The van der Waals surface area contributed by atoms with Crippen molar-refractivity contribution in [3.05, 3.63) is 228 Å². The Bertz CT molecular complexity index is 2410. The fourth-order valence-corrected chi connectivity index (χ4v) is 8.53. The number of allylic oxidation sites excluding steroid dienone is 1. The highest BCUT2D eigenvalue weighted by Gasteiger charge is 2.52. The van der Waals surface area contributed by atoms with Crippen LogP contribution in [0, 0.1) is 0 Å². The molecule has 0 radical (unpaired) electrons. The van der Waals surface area contributed by atoms with Crippen LogP contribution in [0.25, 0.3) is 0 Å². The van der Waals surface area contributed by atoms with Gasteiger partial charge in [-0.05, 0) is 52.8 Å². The molecule has 372 valence electrons. The molecule has 12 heteroatoms. The number of unbranched alkanes of at least 4 members (excludes halogenated alkanes) is 1. The van der Waals surface area contributed by atoms with Crippen LogP contribution >= 0.6 is 0 Å². The lowest BCUT2D eigenvalue weighted by Crippen LogP contribution is -2.64. The molecule has 0 aromatic heterocycles. The first-order chi connectivity index (χ1) is 35.0. The van der Waals surface area contributed by atoms with Gasteiger partial charge in [0.25, 0.3) is 0 Å². The zero-order valence-electron chi connectivity index (χ0n) is 39.9. The highest BCUT2D eigenvalue weighted by molar-refractivity contribution is 5.89. The van der Waals surface area contributed by atoms with Crippen LogP contribution in [0.15, 0.2) is 195 Å². The average molecular weight is 965 g/mol. The molecule has 2 saturated heterocycles. The predicted octanol–water partition coefficient (Wildman–Crippen LogP) is 9.58. The first-order valence-electron chi connectivity index (χ1n) is 24.4. The highest BCUT2D eigenvalue weighted by Crippen LogP contribution is 2.34. The highest BCUT2D eigenvalue weighted by atomic mass is 16.8. The Morgan fingerprint density at radius 2 is 0.873 bits per heavy atom. The number of ether oxygens (including phenoxy) is 10. The topological polar surface area (TPSA) is 130 Å². The summed E-state index contributed by atoms with van der Waals surface area (Å²) in [4.78, 5) is 14.2. The molecule has 2 aliphatic rings. The Balaban J connectivity index is 1.12. The maximum absolute atomic E-state index is 14.2. The van der Waals surface area contributed by atoms with Gasteiger partial charge in [-0.2, -0.15) is 0 Å². The Morgan fingerprint density at radius 3 is 1.37 bits per heavy atom. The molecule has 0 unspecified atom stereocenters. The van der Waals surface area contributed by atoms with Gasteiger partial charge in [-0.3, -0.25) is 0 Å². The van der Waals surface area contributed by atoms with E-state index in [0.29, 0.717) is 25.2 Å². The van der Waals surface area contributed by atoms with Crippen molar-refractivity contribution in [2.45, 2.75) is 107 Å². The molecular formula is C59H64O12. The van der Waals surface area contributed by atoms with Gasteiger partial charge < -0.3 is 52.5 Å². The molecule has 10 atom stereocenters. The summed E-state index contributed by atoms with van der Waals surface area (Å²) in [5, 5.41) is 12.4. The normalized spacial score (nSPS) is 24.2. The predicted molar refractivity (Wildman–Crippen MR) is 266 cm³/mol. The number of esters is 1. The van der Waals surface area contributed by atoms with E-state index in [4.69, 9.17) is 47.4 Å². The number of hydrogen-bond acceptors (Lipinski definition) is 12. The third kappa shape index (κ3) is 15.3. The van der Waals surface area contributed by atoms with Gasteiger partial charge in [-0.15, -0.1) is 6.58 Å². The van der Waals surface area contributed by atoms with E-state index in [-0.39, 0.29) is 39.6 Å². The monoisotopic (exact) mass is 964 g/mol. The van der Waals surface area contributed by atoms with E-state index in [0.717, 1.165) is 34.2 Å². The summed E-state index contributed by atoms with van der Waals surface area (Å²) in [5.74, 6) is -0.610. The first-order valence-corrected chi connectivity index (χ1v) is 24.4. The molecule has 0 bridgehead atoms. The minimum absolute atomic E-state index is 0.0707. The number of carbonyl (C=O) groups is 1. The Morgan fingerprint density at radius 1 is 0.465 bits per heavy atom. The van der Waals surface area contributed by atoms with E-state index < -0.39 is 67.4 Å². The summed E-state index contributed by atoms with van der Waals surface area (Å²) in [6, 6.07) is 57.5. The number of hydrogen-bond donors (Lipinski definition) is 1. The number of aliphatic hydroxyl groups excluding tert-OH is 1. The van der Waals surface area contributed by atoms with E-state index in [1.165, 1.54) is 0 Å². The summed E-state index contributed by atoms with van der Waals surface area (Å²) < 4.78 is 66.4.